The van der Waals surface area contributed by atoms with Gasteiger partial charge in [-0.3, -0.25) is 10.6 Å². The van der Waals surface area contributed by atoms with Crippen molar-refractivity contribution in [3.05, 3.63) is 58.9 Å². The molecular weight excluding hydrogens is 281 g/mol. The lowest BCUT2D eigenvalue weighted by molar-refractivity contribution is 0.0993. The van der Waals surface area contributed by atoms with Gasteiger partial charge in [0.25, 0.3) is 5.91 Å². The van der Waals surface area contributed by atoms with Crippen LogP contribution in [0.4, 0.5) is 15.8 Å². The van der Waals surface area contributed by atoms with Crippen LogP contribution in [-0.4, -0.2) is 13.0 Å². The number of halogens is 2. The second-order valence-corrected chi connectivity index (χ2v) is 4.61. The zero-order chi connectivity index (χ0) is 14.7. The van der Waals surface area contributed by atoms with Gasteiger partial charge < -0.3 is 10.3 Å². The molecule has 0 fully saturated rings. The van der Waals surface area contributed by atoms with Crippen molar-refractivity contribution in [2.75, 3.05) is 17.4 Å². The van der Waals surface area contributed by atoms with E-state index in [9.17, 15) is 9.18 Å². The number of hydrazine groups is 1. The summed E-state index contributed by atoms with van der Waals surface area (Å²) in [6.07, 6.45) is 0. The first-order chi connectivity index (χ1) is 9.52. The number of carbonyl (C=O) groups excluding carboxylic acids is 1. The standard InChI is InChI=1S/C14H13ClFN3O/c1-19(11-4-2-3-10(16)8-11)14(20)12-7-9(15)5-6-13(12)18-17/h2-8,18H,17H2,1H3. The smallest absolute Gasteiger partial charge is 0.260 e. The summed E-state index contributed by atoms with van der Waals surface area (Å²) >= 11 is 5.89. The van der Waals surface area contributed by atoms with E-state index < -0.39 is 5.82 Å². The highest BCUT2D eigenvalue weighted by Crippen LogP contribution is 2.24. The Morgan fingerprint density at radius 1 is 1.30 bits per heavy atom. The fraction of sp³-hybridized carbons (Fsp3) is 0.0714. The van der Waals surface area contributed by atoms with Crippen LogP contribution < -0.4 is 16.2 Å². The number of hydrogen-bond acceptors (Lipinski definition) is 3. The number of hydrogen-bond donors (Lipinski definition) is 2. The molecule has 0 heterocycles. The number of nitrogens with one attached hydrogen (secondary N) is 1. The highest BCUT2D eigenvalue weighted by Gasteiger charge is 2.17. The van der Waals surface area contributed by atoms with Gasteiger partial charge in [-0.15, -0.1) is 0 Å². The first kappa shape index (κ1) is 14.3. The first-order valence-corrected chi connectivity index (χ1v) is 6.20. The Kier molecular flexibility index (Phi) is 4.22. The van der Waals surface area contributed by atoms with E-state index in [0.29, 0.717) is 22.0 Å². The van der Waals surface area contributed by atoms with Crippen LogP contribution in [-0.2, 0) is 0 Å². The molecule has 0 aliphatic heterocycles. The highest BCUT2D eigenvalue weighted by atomic mass is 35.5. The molecule has 0 saturated heterocycles. The molecule has 0 atom stereocenters. The number of nitrogens with two attached hydrogens (primary N) is 1. The molecule has 20 heavy (non-hydrogen) atoms. The van der Waals surface area contributed by atoms with Gasteiger partial charge in [-0.25, -0.2) is 4.39 Å². The lowest BCUT2D eigenvalue weighted by atomic mass is 10.1. The van der Waals surface area contributed by atoms with E-state index in [4.69, 9.17) is 17.4 Å². The largest absolute Gasteiger partial charge is 0.323 e. The Hall–Kier alpha value is -2.11. The average molecular weight is 294 g/mol. The molecule has 0 aliphatic rings. The molecule has 4 nitrogen and oxygen atoms in total. The van der Waals surface area contributed by atoms with Gasteiger partial charge in [-0.2, -0.15) is 0 Å². The van der Waals surface area contributed by atoms with E-state index in [-0.39, 0.29) is 5.91 Å². The maximum atomic E-state index is 13.2. The molecule has 2 aromatic rings. The van der Waals surface area contributed by atoms with E-state index in [2.05, 4.69) is 5.43 Å². The lowest BCUT2D eigenvalue weighted by Crippen LogP contribution is -2.27. The lowest BCUT2D eigenvalue weighted by Gasteiger charge is -2.19. The van der Waals surface area contributed by atoms with E-state index in [1.54, 1.807) is 25.2 Å². The second kappa shape index (κ2) is 5.90. The Labute approximate surface area is 120 Å². The van der Waals surface area contributed by atoms with Gasteiger partial charge in [0, 0.05) is 17.8 Å². The number of rotatable bonds is 3. The van der Waals surface area contributed by atoms with Crippen molar-refractivity contribution in [2.24, 2.45) is 5.84 Å². The van der Waals surface area contributed by atoms with Crippen LogP contribution in [0, 0.1) is 5.82 Å². The molecule has 2 rings (SSSR count). The van der Waals surface area contributed by atoms with Crippen LogP contribution in [0.15, 0.2) is 42.5 Å². The number of nitrogen functional groups attached to an aromatic ring is 1. The normalized spacial score (nSPS) is 10.2. The minimum absolute atomic E-state index is 0.312. The summed E-state index contributed by atoms with van der Waals surface area (Å²) in [5.74, 6) is 4.62. The van der Waals surface area contributed by atoms with Crippen LogP contribution in [0.2, 0.25) is 5.02 Å². The number of nitrogens with zero attached hydrogens (tertiary/aromatic N) is 1. The van der Waals surface area contributed by atoms with Crippen LogP contribution >= 0.6 is 11.6 Å². The van der Waals surface area contributed by atoms with Crippen molar-refractivity contribution in [3.8, 4) is 0 Å². The molecule has 6 heteroatoms. The van der Waals surface area contributed by atoms with Gasteiger partial charge in [0.05, 0.1) is 11.3 Å². The average Bonchev–Trinajstić information content (AvgIpc) is 2.45. The third kappa shape index (κ3) is 2.89. The van der Waals surface area contributed by atoms with Gasteiger partial charge in [0.15, 0.2) is 0 Å². The summed E-state index contributed by atoms with van der Waals surface area (Å²) in [5.41, 5.74) is 3.64. The molecule has 0 bridgehead atoms. The fourth-order valence-corrected chi connectivity index (χ4v) is 1.97. The third-order valence-electron chi connectivity index (χ3n) is 2.87. The van der Waals surface area contributed by atoms with Gasteiger partial charge >= 0.3 is 0 Å². The predicted molar refractivity (Wildman–Crippen MR) is 78.4 cm³/mol. The molecular formula is C14H13ClFN3O. The van der Waals surface area contributed by atoms with Gasteiger partial charge in [-0.05, 0) is 36.4 Å². The van der Waals surface area contributed by atoms with Crippen molar-refractivity contribution < 1.29 is 9.18 Å². The summed E-state index contributed by atoms with van der Waals surface area (Å²) < 4.78 is 13.2. The number of amides is 1. The maximum absolute atomic E-state index is 13.2. The zero-order valence-corrected chi connectivity index (χ0v) is 11.5. The second-order valence-electron chi connectivity index (χ2n) is 4.18. The van der Waals surface area contributed by atoms with Gasteiger partial charge in [0.2, 0.25) is 0 Å². The van der Waals surface area contributed by atoms with Crippen LogP contribution in [0.25, 0.3) is 0 Å². The summed E-state index contributed by atoms with van der Waals surface area (Å²) in [5, 5.41) is 0.417. The van der Waals surface area contributed by atoms with E-state index in [1.165, 1.54) is 29.2 Å². The van der Waals surface area contributed by atoms with Crippen molar-refractivity contribution >= 4 is 28.9 Å². The number of carbonyl (C=O) groups is 1. The Bertz CT molecular complexity index is 648. The number of benzene rings is 2. The topological polar surface area (TPSA) is 58.4 Å². The molecule has 1 amide bonds. The summed E-state index contributed by atoms with van der Waals surface area (Å²) in [4.78, 5) is 13.8. The minimum atomic E-state index is -0.412. The molecule has 0 radical (unpaired) electrons. The molecule has 0 aromatic heterocycles. The molecule has 2 aromatic carbocycles. The van der Waals surface area contributed by atoms with E-state index in [0.717, 1.165) is 0 Å². The maximum Gasteiger partial charge on any atom is 0.260 e. The molecule has 0 unspecified atom stereocenters. The van der Waals surface area contributed by atoms with Crippen LogP contribution in [0.1, 0.15) is 10.4 Å². The fourth-order valence-electron chi connectivity index (χ4n) is 1.80. The summed E-state index contributed by atoms with van der Waals surface area (Å²) in [6.45, 7) is 0. The molecule has 0 saturated carbocycles. The predicted octanol–water partition coefficient (Wildman–Crippen LogP) is 3.04. The minimum Gasteiger partial charge on any atom is -0.323 e. The van der Waals surface area contributed by atoms with Gasteiger partial charge in [-0.1, -0.05) is 17.7 Å². The molecule has 3 N–H and O–H groups in total. The monoisotopic (exact) mass is 293 g/mol. The SMILES string of the molecule is CN(C(=O)c1cc(Cl)ccc1NN)c1cccc(F)c1. The highest BCUT2D eigenvalue weighted by molar-refractivity contribution is 6.31. The Morgan fingerprint density at radius 3 is 2.70 bits per heavy atom. The van der Waals surface area contributed by atoms with Crippen molar-refractivity contribution in [3.63, 3.8) is 0 Å². The summed E-state index contributed by atoms with van der Waals surface area (Å²) in [6, 6.07) is 10.5. The van der Waals surface area contributed by atoms with E-state index >= 15 is 0 Å². The Morgan fingerprint density at radius 2 is 2.05 bits per heavy atom. The van der Waals surface area contributed by atoms with Crippen molar-refractivity contribution in [1.82, 2.24) is 0 Å². The van der Waals surface area contributed by atoms with Gasteiger partial charge in [0.1, 0.15) is 5.82 Å². The van der Waals surface area contributed by atoms with E-state index in [1.807, 2.05) is 0 Å². The van der Waals surface area contributed by atoms with Crippen LogP contribution in [0.3, 0.4) is 0 Å². The van der Waals surface area contributed by atoms with Crippen molar-refractivity contribution in [1.29, 1.82) is 0 Å². The summed E-state index contributed by atoms with van der Waals surface area (Å²) in [7, 11) is 1.55. The molecule has 0 aliphatic carbocycles. The van der Waals surface area contributed by atoms with Crippen LogP contribution in [0.5, 0.6) is 0 Å². The molecule has 104 valence electrons. The number of anilines is 2. The quantitative estimate of drug-likeness (QED) is 0.675. The van der Waals surface area contributed by atoms with Crippen molar-refractivity contribution in [2.45, 2.75) is 0 Å². The third-order valence-corrected chi connectivity index (χ3v) is 3.10. The first-order valence-electron chi connectivity index (χ1n) is 5.82. The Balaban J connectivity index is 2.38. The molecule has 0 spiro atoms. The zero-order valence-electron chi connectivity index (χ0n) is 10.7.